The fourth-order valence-corrected chi connectivity index (χ4v) is 5.72. The average Bonchev–Trinajstić information content (AvgIpc) is 3.29. The van der Waals surface area contributed by atoms with Gasteiger partial charge in [-0.05, 0) is 49.8 Å². The molecule has 9 heteroatoms. The van der Waals surface area contributed by atoms with E-state index in [1.165, 1.54) is 12.1 Å². The standard InChI is InChI=1S/C23H22Cl2FN5O/c1-10-8-11(2)22-21-14(20(28-12(3)29-21)16-6-7-27-30-16)9-17(10)31(22)23(32)13-4-5-15(26)19(25)18(13)24/h4-7,10-11,17,22H,8-9H2,1-3H3,(H,27,30)/t10-,11+,17+,22+/m0/s1. The van der Waals surface area contributed by atoms with Gasteiger partial charge >= 0.3 is 0 Å². The second kappa shape index (κ2) is 7.81. The van der Waals surface area contributed by atoms with Crippen LogP contribution in [-0.4, -0.2) is 37.0 Å². The molecule has 2 aromatic heterocycles. The van der Waals surface area contributed by atoms with Gasteiger partial charge in [0.05, 0.1) is 38.7 Å². The quantitative estimate of drug-likeness (QED) is 0.505. The van der Waals surface area contributed by atoms with Crippen LogP contribution >= 0.6 is 23.2 Å². The monoisotopic (exact) mass is 473 g/mol. The molecule has 0 saturated carbocycles. The Kier molecular flexibility index (Phi) is 5.21. The highest BCUT2D eigenvalue weighted by Gasteiger charge is 2.49. The molecule has 1 saturated heterocycles. The second-order valence-corrected chi connectivity index (χ2v) is 9.55. The number of piperidine rings is 1. The first-order chi connectivity index (χ1) is 15.3. The number of benzene rings is 1. The fourth-order valence-electron chi connectivity index (χ4n) is 5.32. The van der Waals surface area contributed by atoms with Crippen molar-refractivity contribution < 1.29 is 9.18 Å². The molecule has 1 N–H and O–H groups in total. The lowest BCUT2D eigenvalue weighted by atomic mass is 9.71. The number of aryl methyl sites for hydroxylation is 1. The summed E-state index contributed by atoms with van der Waals surface area (Å²) in [6.45, 7) is 6.15. The van der Waals surface area contributed by atoms with Gasteiger partial charge in [0.25, 0.3) is 5.91 Å². The molecule has 0 unspecified atom stereocenters. The van der Waals surface area contributed by atoms with E-state index in [4.69, 9.17) is 33.2 Å². The van der Waals surface area contributed by atoms with E-state index in [0.29, 0.717) is 12.2 Å². The normalized spacial score (nSPS) is 24.4. The van der Waals surface area contributed by atoms with E-state index in [-0.39, 0.29) is 45.4 Å². The highest BCUT2D eigenvalue weighted by atomic mass is 35.5. The van der Waals surface area contributed by atoms with Crippen LogP contribution in [0.2, 0.25) is 10.0 Å². The number of aromatic nitrogens is 4. The molecule has 1 amide bonds. The Morgan fingerprint density at radius 2 is 1.94 bits per heavy atom. The van der Waals surface area contributed by atoms with Crippen molar-refractivity contribution in [2.24, 2.45) is 11.8 Å². The van der Waals surface area contributed by atoms with Gasteiger partial charge in [-0.3, -0.25) is 9.89 Å². The van der Waals surface area contributed by atoms with Gasteiger partial charge in [-0.25, -0.2) is 14.4 Å². The van der Waals surface area contributed by atoms with Crippen molar-refractivity contribution in [1.29, 1.82) is 0 Å². The summed E-state index contributed by atoms with van der Waals surface area (Å²) < 4.78 is 13.9. The SMILES string of the molecule is Cc1nc(-c2ccn[nH]2)c2c(n1)[C@H]1[C@H](C)C[C@H](C)[C@@H](C2)N1C(=O)c1ccc(F)c(Cl)c1Cl. The first kappa shape index (κ1) is 21.3. The minimum absolute atomic E-state index is 0.0575. The summed E-state index contributed by atoms with van der Waals surface area (Å²) >= 11 is 12.3. The lowest BCUT2D eigenvalue weighted by Gasteiger charge is -2.52. The van der Waals surface area contributed by atoms with Crippen molar-refractivity contribution in [3.8, 4) is 11.4 Å². The number of nitrogens with zero attached hydrogens (tertiary/aromatic N) is 4. The molecule has 4 atom stereocenters. The maximum Gasteiger partial charge on any atom is 0.256 e. The van der Waals surface area contributed by atoms with Crippen molar-refractivity contribution in [2.75, 3.05) is 0 Å². The fraction of sp³-hybridized carbons (Fsp3) is 0.391. The predicted octanol–water partition coefficient (Wildman–Crippen LogP) is 5.41. The Hall–Kier alpha value is -2.51. The van der Waals surface area contributed by atoms with E-state index in [1.54, 1.807) is 6.20 Å². The molecule has 2 bridgehead atoms. The van der Waals surface area contributed by atoms with Crippen molar-refractivity contribution in [3.05, 3.63) is 62.9 Å². The number of hydrogen-bond acceptors (Lipinski definition) is 4. The molecule has 3 aromatic rings. The Bertz CT molecular complexity index is 1220. The molecule has 1 aromatic carbocycles. The lowest BCUT2D eigenvalue weighted by Crippen LogP contribution is -2.56. The van der Waals surface area contributed by atoms with Gasteiger partial charge < -0.3 is 4.90 Å². The number of hydrogen-bond donors (Lipinski definition) is 1. The molecular formula is C23H22Cl2FN5O. The van der Waals surface area contributed by atoms with Gasteiger partial charge in [0.15, 0.2) is 0 Å². The molecule has 4 heterocycles. The van der Waals surface area contributed by atoms with Crippen LogP contribution in [0, 0.1) is 24.6 Å². The zero-order chi connectivity index (χ0) is 22.7. The molecule has 5 rings (SSSR count). The van der Waals surface area contributed by atoms with Gasteiger partial charge in [0.2, 0.25) is 0 Å². The molecule has 0 spiro atoms. The minimum Gasteiger partial charge on any atom is -0.326 e. The van der Waals surface area contributed by atoms with E-state index in [2.05, 4.69) is 24.0 Å². The smallest absolute Gasteiger partial charge is 0.256 e. The molecule has 32 heavy (non-hydrogen) atoms. The maximum absolute atomic E-state index is 13.9. The van der Waals surface area contributed by atoms with Gasteiger partial charge in [0, 0.05) is 17.8 Å². The van der Waals surface area contributed by atoms with Gasteiger partial charge in [-0.2, -0.15) is 5.10 Å². The summed E-state index contributed by atoms with van der Waals surface area (Å²) in [6, 6.07) is 4.18. The number of H-pyrrole nitrogens is 1. The van der Waals surface area contributed by atoms with Crippen molar-refractivity contribution in [1.82, 2.24) is 25.1 Å². The Morgan fingerprint density at radius 1 is 1.16 bits per heavy atom. The van der Waals surface area contributed by atoms with Crippen LogP contribution < -0.4 is 0 Å². The molecule has 0 radical (unpaired) electrons. The number of nitrogens with one attached hydrogen (secondary N) is 1. The van der Waals surface area contributed by atoms with E-state index in [9.17, 15) is 9.18 Å². The number of amides is 1. The van der Waals surface area contributed by atoms with Crippen LogP contribution in [0.3, 0.4) is 0 Å². The van der Waals surface area contributed by atoms with Crippen molar-refractivity contribution >= 4 is 29.1 Å². The maximum atomic E-state index is 13.9. The van der Waals surface area contributed by atoms with Crippen LogP contribution in [0.5, 0.6) is 0 Å². The summed E-state index contributed by atoms with van der Waals surface area (Å²) in [5.74, 6) is 0.154. The van der Waals surface area contributed by atoms with Crippen molar-refractivity contribution in [2.45, 2.75) is 45.7 Å². The summed E-state index contributed by atoms with van der Waals surface area (Å²) in [4.78, 5) is 25.2. The van der Waals surface area contributed by atoms with Crippen LogP contribution in [0.15, 0.2) is 24.4 Å². The molecule has 6 nitrogen and oxygen atoms in total. The molecular weight excluding hydrogens is 452 g/mol. The van der Waals surface area contributed by atoms with Gasteiger partial charge in [-0.1, -0.05) is 37.0 Å². The molecule has 1 fully saturated rings. The topological polar surface area (TPSA) is 74.8 Å². The molecule has 0 aliphatic carbocycles. The highest BCUT2D eigenvalue weighted by molar-refractivity contribution is 6.44. The predicted molar refractivity (Wildman–Crippen MR) is 120 cm³/mol. The van der Waals surface area contributed by atoms with Crippen LogP contribution in [-0.2, 0) is 6.42 Å². The highest BCUT2D eigenvalue weighted by Crippen LogP contribution is 2.49. The zero-order valence-electron chi connectivity index (χ0n) is 17.9. The van der Waals surface area contributed by atoms with Crippen molar-refractivity contribution in [3.63, 3.8) is 0 Å². The number of fused-ring (bicyclic) bond motifs is 4. The third-order valence-corrected chi connectivity index (χ3v) is 7.56. The number of rotatable bonds is 2. The van der Waals surface area contributed by atoms with Crippen LogP contribution in [0.4, 0.5) is 4.39 Å². The molecule has 2 aliphatic rings. The Morgan fingerprint density at radius 3 is 2.66 bits per heavy atom. The van der Waals surface area contributed by atoms with Gasteiger partial charge in [-0.15, -0.1) is 0 Å². The molecule has 2 aliphatic heterocycles. The third kappa shape index (κ3) is 3.21. The minimum atomic E-state index is -0.647. The summed E-state index contributed by atoms with van der Waals surface area (Å²) in [7, 11) is 0. The lowest BCUT2D eigenvalue weighted by molar-refractivity contribution is 0.00186. The first-order valence-corrected chi connectivity index (χ1v) is 11.4. The Labute approximate surface area is 195 Å². The van der Waals surface area contributed by atoms with Gasteiger partial charge in [0.1, 0.15) is 11.6 Å². The van der Waals surface area contributed by atoms with E-state index < -0.39 is 5.82 Å². The zero-order valence-corrected chi connectivity index (χ0v) is 19.4. The summed E-state index contributed by atoms with van der Waals surface area (Å²) in [5, 5.41) is 6.80. The number of carbonyl (C=O) groups excluding carboxylic acids is 1. The van der Waals surface area contributed by atoms with E-state index in [0.717, 1.165) is 29.1 Å². The number of carbonyl (C=O) groups is 1. The number of halogens is 3. The van der Waals surface area contributed by atoms with Crippen LogP contribution in [0.25, 0.3) is 11.4 Å². The second-order valence-electron chi connectivity index (χ2n) is 8.80. The molecule has 166 valence electrons. The summed E-state index contributed by atoms with van der Waals surface area (Å²) in [5.41, 5.74) is 3.77. The van der Waals surface area contributed by atoms with E-state index >= 15 is 0 Å². The van der Waals surface area contributed by atoms with Crippen LogP contribution in [0.1, 0.15) is 53.7 Å². The number of aromatic amines is 1. The van der Waals surface area contributed by atoms with E-state index in [1.807, 2.05) is 17.9 Å². The first-order valence-electron chi connectivity index (χ1n) is 10.6. The summed E-state index contributed by atoms with van der Waals surface area (Å²) in [6.07, 6.45) is 3.29. The Balaban J connectivity index is 1.68. The average molecular weight is 474 g/mol. The third-order valence-electron chi connectivity index (χ3n) is 6.70. The largest absolute Gasteiger partial charge is 0.326 e.